The molecular formula is C24H24N6O. The van der Waals surface area contributed by atoms with Crippen LogP contribution in [-0.2, 0) is 19.5 Å². The van der Waals surface area contributed by atoms with E-state index in [0.29, 0.717) is 24.6 Å². The summed E-state index contributed by atoms with van der Waals surface area (Å²) in [5.74, 6) is 1.06. The molecule has 7 heteroatoms. The third kappa shape index (κ3) is 3.53. The van der Waals surface area contributed by atoms with Crippen LogP contribution in [0.25, 0.3) is 16.9 Å². The predicted octanol–water partition coefficient (Wildman–Crippen LogP) is 3.06. The molecule has 0 radical (unpaired) electrons. The Morgan fingerprint density at radius 2 is 2.00 bits per heavy atom. The van der Waals surface area contributed by atoms with Gasteiger partial charge in [0, 0.05) is 30.4 Å². The maximum atomic E-state index is 11.9. The molecule has 0 aliphatic carbocycles. The van der Waals surface area contributed by atoms with Crippen molar-refractivity contribution >= 4 is 17.2 Å². The number of benzene rings is 1. The number of amides is 1. The molecule has 3 aromatic heterocycles. The highest BCUT2D eigenvalue weighted by atomic mass is 16.1. The minimum absolute atomic E-state index is 0.439. The number of aromatic nitrogens is 3. The van der Waals surface area contributed by atoms with E-state index in [1.54, 1.807) is 6.07 Å². The van der Waals surface area contributed by atoms with Crippen molar-refractivity contribution in [2.75, 3.05) is 11.9 Å². The zero-order chi connectivity index (χ0) is 21.4. The normalized spacial score (nSPS) is 13.2. The number of fused-ring (bicyclic) bond motifs is 2. The second kappa shape index (κ2) is 7.85. The lowest BCUT2D eigenvalue weighted by molar-refractivity contribution is 0.0994. The van der Waals surface area contributed by atoms with Gasteiger partial charge >= 0.3 is 0 Å². The fourth-order valence-electron chi connectivity index (χ4n) is 4.21. The summed E-state index contributed by atoms with van der Waals surface area (Å²) in [5, 5.41) is 6.93. The van der Waals surface area contributed by atoms with Gasteiger partial charge in [-0.1, -0.05) is 36.4 Å². The number of primary amides is 1. The standard InChI is InChI=1S/C24H24N6O/c1-15-14-30-19(8-5-9-20(30)22(25)31)21(15)24-28-18-13-26-11-10-17(18)23(29-24)27-12-16-6-3-2-4-7-16/h2-9,14,26H,10-13H2,1H3,(H2,25,31)(H,27,28,29). The molecule has 0 saturated carbocycles. The quantitative estimate of drug-likeness (QED) is 0.468. The molecule has 1 aliphatic heterocycles. The van der Waals surface area contributed by atoms with E-state index in [2.05, 4.69) is 22.8 Å². The van der Waals surface area contributed by atoms with Crippen molar-refractivity contribution in [3.63, 3.8) is 0 Å². The van der Waals surface area contributed by atoms with Crippen LogP contribution < -0.4 is 16.4 Å². The Bertz CT molecular complexity index is 1280. The number of hydrogen-bond acceptors (Lipinski definition) is 5. The van der Waals surface area contributed by atoms with Crippen LogP contribution in [0.4, 0.5) is 5.82 Å². The number of carbonyl (C=O) groups excluding carboxylic acids is 1. The average molecular weight is 412 g/mol. The van der Waals surface area contributed by atoms with E-state index in [4.69, 9.17) is 15.7 Å². The van der Waals surface area contributed by atoms with Crippen molar-refractivity contribution in [3.05, 3.63) is 82.8 Å². The first-order valence-electron chi connectivity index (χ1n) is 10.4. The monoisotopic (exact) mass is 412 g/mol. The van der Waals surface area contributed by atoms with E-state index >= 15 is 0 Å². The number of hydrogen-bond donors (Lipinski definition) is 3. The van der Waals surface area contributed by atoms with Gasteiger partial charge in [0.2, 0.25) is 0 Å². The SMILES string of the molecule is Cc1cn2c(C(N)=O)cccc2c1-c1nc2c(c(NCc3ccccc3)n1)CCNC2. The van der Waals surface area contributed by atoms with Crippen LogP contribution in [0.1, 0.15) is 32.9 Å². The molecule has 0 unspecified atom stereocenters. The summed E-state index contributed by atoms with van der Waals surface area (Å²) < 4.78 is 1.82. The van der Waals surface area contributed by atoms with Crippen LogP contribution in [0.15, 0.2) is 54.7 Å². The molecule has 31 heavy (non-hydrogen) atoms. The molecule has 1 aromatic carbocycles. The Hall–Kier alpha value is -3.71. The number of nitrogens with one attached hydrogen (secondary N) is 2. The van der Waals surface area contributed by atoms with E-state index in [-0.39, 0.29) is 0 Å². The molecule has 4 N–H and O–H groups in total. The van der Waals surface area contributed by atoms with Crippen molar-refractivity contribution in [1.29, 1.82) is 0 Å². The first-order valence-corrected chi connectivity index (χ1v) is 10.4. The van der Waals surface area contributed by atoms with E-state index in [1.807, 2.05) is 47.9 Å². The van der Waals surface area contributed by atoms with Gasteiger partial charge in [-0.05, 0) is 43.1 Å². The molecule has 4 heterocycles. The summed E-state index contributed by atoms with van der Waals surface area (Å²) in [5.41, 5.74) is 12.2. The smallest absolute Gasteiger partial charge is 0.265 e. The van der Waals surface area contributed by atoms with Crippen LogP contribution in [0.5, 0.6) is 0 Å². The lowest BCUT2D eigenvalue weighted by Crippen LogP contribution is -2.26. The zero-order valence-corrected chi connectivity index (χ0v) is 17.4. The first-order chi connectivity index (χ1) is 15.1. The topological polar surface area (TPSA) is 97.3 Å². The Morgan fingerprint density at radius 3 is 2.81 bits per heavy atom. The highest BCUT2D eigenvalue weighted by Gasteiger charge is 2.21. The molecule has 0 atom stereocenters. The number of rotatable bonds is 5. The van der Waals surface area contributed by atoms with Crippen molar-refractivity contribution in [3.8, 4) is 11.4 Å². The number of pyridine rings is 1. The lowest BCUT2D eigenvalue weighted by atomic mass is 10.1. The third-order valence-electron chi connectivity index (χ3n) is 5.72. The number of nitrogens with zero attached hydrogens (tertiary/aromatic N) is 3. The first kappa shape index (κ1) is 19.3. The maximum absolute atomic E-state index is 11.9. The largest absolute Gasteiger partial charge is 0.366 e. The Labute approximate surface area is 180 Å². The molecule has 7 nitrogen and oxygen atoms in total. The lowest BCUT2D eigenvalue weighted by Gasteiger charge is -2.21. The minimum atomic E-state index is -0.465. The van der Waals surface area contributed by atoms with Gasteiger partial charge in [-0.3, -0.25) is 4.79 Å². The fourth-order valence-corrected chi connectivity index (χ4v) is 4.21. The van der Waals surface area contributed by atoms with Gasteiger partial charge in [0.05, 0.1) is 11.2 Å². The van der Waals surface area contributed by atoms with E-state index in [0.717, 1.165) is 46.7 Å². The van der Waals surface area contributed by atoms with Crippen LogP contribution in [0.2, 0.25) is 0 Å². The van der Waals surface area contributed by atoms with Crippen molar-refractivity contribution in [2.24, 2.45) is 5.73 Å². The molecule has 0 bridgehead atoms. The van der Waals surface area contributed by atoms with Crippen molar-refractivity contribution in [1.82, 2.24) is 19.7 Å². The second-order valence-corrected chi connectivity index (χ2v) is 7.80. The average Bonchev–Trinajstić information content (AvgIpc) is 3.13. The van der Waals surface area contributed by atoms with Crippen LogP contribution in [0, 0.1) is 6.92 Å². The van der Waals surface area contributed by atoms with Crippen molar-refractivity contribution in [2.45, 2.75) is 26.4 Å². The summed E-state index contributed by atoms with van der Waals surface area (Å²) in [7, 11) is 0. The minimum Gasteiger partial charge on any atom is -0.366 e. The molecule has 1 aliphatic rings. The predicted molar refractivity (Wildman–Crippen MR) is 121 cm³/mol. The molecule has 0 spiro atoms. The Balaban J connectivity index is 1.62. The zero-order valence-electron chi connectivity index (χ0n) is 17.4. The summed E-state index contributed by atoms with van der Waals surface area (Å²) in [4.78, 5) is 21.8. The van der Waals surface area contributed by atoms with Crippen LogP contribution in [-0.4, -0.2) is 26.8 Å². The van der Waals surface area contributed by atoms with E-state index < -0.39 is 5.91 Å². The fraction of sp³-hybridized carbons (Fsp3) is 0.208. The number of nitrogens with two attached hydrogens (primary N) is 1. The number of aryl methyl sites for hydroxylation is 1. The molecule has 5 rings (SSSR count). The second-order valence-electron chi connectivity index (χ2n) is 7.80. The number of anilines is 1. The molecular weight excluding hydrogens is 388 g/mol. The molecule has 156 valence electrons. The third-order valence-corrected chi connectivity index (χ3v) is 5.72. The van der Waals surface area contributed by atoms with Gasteiger partial charge in [0.25, 0.3) is 5.91 Å². The van der Waals surface area contributed by atoms with Gasteiger partial charge < -0.3 is 20.8 Å². The van der Waals surface area contributed by atoms with Gasteiger partial charge in [0.1, 0.15) is 11.5 Å². The van der Waals surface area contributed by atoms with E-state index in [9.17, 15) is 4.79 Å². The highest BCUT2D eigenvalue weighted by molar-refractivity contribution is 5.93. The van der Waals surface area contributed by atoms with Gasteiger partial charge in [0.15, 0.2) is 5.82 Å². The summed E-state index contributed by atoms with van der Waals surface area (Å²) in [6, 6.07) is 15.8. The van der Waals surface area contributed by atoms with Crippen molar-refractivity contribution < 1.29 is 4.79 Å². The maximum Gasteiger partial charge on any atom is 0.265 e. The van der Waals surface area contributed by atoms with Crippen LogP contribution in [0.3, 0.4) is 0 Å². The Kier molecular flexibility index (Phi) is 4.88. The summed E-state index contributed by atoms with van der Waals surface area (Å²) in [6.45, 7) is 4.32. The summed E-state index contributed by atoms with van der Waals surface area (Å²) in [6.07, 6.45) is 2.80. The van der Waals surface area contributed by atoms with Gasteiger partial charge in [-0.15, -0.1) is 0 Å². The molecule has 0 saturated heterocycles. The highest BCUT2D eigenvalue weighted by Crippen LogP contribution is 2.31. The Morgan fingerprint density at radius 1 is 1.16 bits per heavy atom. The molecule has 0 fully saturated rings. The summed E-state index contributed by atoms with van der Waals surface area (Å²) >= 11 is 0. The van der Waals surface area contributed by atoms with E-state index in [1.165, 1.54) is 5.56 Å². The van der Waals surface area contributed by atoms with Gasteiger partial charge in [-0.25, -0.2) is 9.97 Å². The van der Waals surface area contributed by atoms with Crippen LogP contribution >= 0.6 is 0 Å². The molecule has 4 aromatic rings. The number of carbonyl (C=O) groups is 1. The van der Waals surface area contributed by atoms with Gasteiger partial charge in [-0.2, -0.15) is 0 Å². The molecule has 1 amide bonds.